The molecule has 1 aromatic heterocycles. The molecule has 0 atom stereocenters. The van der Waals surface area contributed by atoms with Crippen molar-refractivity contribution in [1.82, 2.24) is 9.88 Å². The minimum atomic E-state index is 0.422. The van der Waals surface area contributed by atoms with Crippen molar-refractivity contribution in [2.75, 3.05) is 31.2 Å². The molecule has 0 aliphatic carbocycles. The summed E-state index contributed by atoms with van der Waals surface area (Å²) in [5.41, 5.74) is 0.752. The highest BCUT2D eigenvalue weighted by Crippen LogP contribution is 2.20. The molecule has 20 heavy (non-hydrogen) atoms. The maximum Gasteiger partial charge on any atom is 0.224 e. The van der Waals surface area contributed by atoms with Gasteiger partial charge in [-0.15, -0.1) is 0 Å². The number of nitrogens with zero attached hydrogens (tertiary/aromatic N) is 3. The van der Waals surface area contributed by atoms with E-state index in [1.165, 1.54) is 0 Å². The summed E-state index contributed by atoms with van der Waals surface area (Å²) in [4.78, 5) is 6.35. The molecule has 6 heteroatoms. The zero-order valence-electron chi connectivity index (χ0n) is 12.0. The predicted octanol–water partition coefficient (Wildman–Crippen LogP) is 2.30. The number of rotatable bonds is 4. The van der Waals surface area contributed by atoms with Gasteiger partial charge in [0, 0.05) is 30.8 Å². The molecule has 0 aromatic carbocycles. The Balaban J connectivity index is 2.20. The molecule has 0 amide bonds. The van der Waals surface area contributed by atoms with Crippen molar-refractivity contribution >= 4 is 17.6 Å². The second-order valence-corrected chi connectivity index (χ2v) is 6.31. The molecule has 5 nitrogen and oxygen atoms in total. The molecule has 1 aliphatic heterocycles. The number of pyridine rings is 1. The Morgan fingerprint density at radius 2 is 2.25 bits per heavy atom. The van der Waals surface area contributed by atoms with Crippen LogP contribution in [0.4, 0.5) is 0 Å². The second kappa shape index (κ2) is 7.38. The third-order valence-corrected chi connectivity index (χ3v) is 3.91. The second-order valence-electron chi connectivity index (χ2n) is 5.08. The monoisotopic (exact) mass is 295 g/mol. The summed E-state index contributed by atoms with van der Waals surface area (Å²) in [5, 5.41) is 12.9. The van der Waals surface area contributed by atoms with E-state index in [0.717, 1.165) is 30.2 Å². The predicted molar refractivity (Wildman–Crippen MR) is 81.8 cm³/mol. The van der Waals surface area contributed by atoms with E-state index >= 15 is 0 Å². The quantitative estimate of drug-likeness (QED) is 0.400. The van der Waals surface area contributed by atoms with Gasteiger partial charge in [-0.05, 0) is 18.1 Å². The molecule has 1 aliphatic rings. The maximum atomic E-state index is 9.39. The van der Waals surface area contributed by atoms with E-state index in [2.05, 4.69) is 28.9 Å². The van der Waals surface area contributed by atoms with Gasteiger partial charge in [0.2, 0.25) is 5.88 Å². The molecule has 0 spiro atoms. The van der Waals surface area contributed by atoms with Gasteiger partial charge >= 0.3 is 0 Å². The van der Waals surface area contributed by atoms with Crippen LogP contribution in [0.1, 0.15) is 19.4 Å². The van der Waals surface area contributed by atoms with E-state index in [0.29, 0.717) is 24.2 Å². The lowest BCUT2D eigenvalue weighted by atomic mass is 10.2. The molecule has 1 aromatic rings. The van der Waals surface area contributed by atoms with Crippen LogP contribution in [0.15, 0.2) is 23.5 Å². The van der Waals surface area contributed by atoms with Crippen LogP contribution in [0.25, 0.3) is 0 Å². The lowest BCUT2D eigenvalue weighted by Crippen LogP contribution is -2.38. The van der Waals surface area contributed by atoms with Gasteiger partial charge < -0.3 is 14.8 Å². The Kier molecular flexibility index (Phi) is 5.52. The van der Waals surface area contributed by atoms with E-state index in [1.54, 1.807) is 6.20 Å². The molecule has 0 unspecified atom stereocenters. The van der Waals surface area contributed by atoms with E-state index < -0.39 is 0 Å². The van der Waals surface area contributed by atoms with E-state index in [9.17, 15) is 5.21 Å². The molecule has 1 saturated heterocycles. The SMILES string of the molecule is CC(C)COc1ncccc1/C(=N/O)N1CCSCC1. The average molecular weight is 295 g/mol. The van der Waals surface area contributed by atoms with Crippen molar-refractivity contribution in [2.45, 2.75) is 13.8 Å². The molecular weight excluding hydrogens is 274 g/mol. The van der Waals surface area contributed by atoms with Gasteiger partial charge in [-0.2, -0.15) is 11.8 Å². The first-order valence-electron chi connectivity index (χ1n) is 6.85. The first-order valence-corrected chi connectivity index (χ1v) is 8.00. The normalized spacial score (nSPS) is 16.6. The summed E-state index contributed by atoms with van der Waals surface area (Å²) >= 11 is 1.91. The fourth-order valence-electron chi connectivity index (χ4n) is 1.98. The summed E-state index contributed by atoms with van der Waals surface area (Å²) in [6.07, 6.45) is 1.69. The zero-order valence-corrected chi connectivity index (χ0v) is 12.8. The van der Waals surface area contributed by atoms with Gasteiger partial charge in [0.25, 0.3) is 0 Å². The first kappa shape index (κ1) is 15.0. The molecule has 1 N–H and O–H groups in total. The number of oxime groups is 1. The third kappa shape index (κ3) is 3.79. The smallest absolute Gasteiger partial charge is 0.224 e. The van der Waals surface area contributed by atoms with Gasteiger partial charge in [0.15, 0.2) is 5.84 Å². The lowest BCUT2D eigenvalue weighted by molar-refractivity contribution is 0.259. The Morgan fingerprint density at radius 3 is 2.90 bits per heavy atom. The van der Waals surface area contributed by atoms with E-state index in [1.807, 2.05) is 23.9 Å². The highest BCUT2D eigenvalue weighted by Gasteiger charge is 2.21. The van der Waals surface area contributed by atoms with Crippen LogP contribution >= 0.6 is 11.8 Å². The average Bonchev–Trinajstić information content (AvgIpc) is 2.48. The molecule has 0 radical (unpaired) electrons. The van der Waals surface area contributed by atoms with Gasteiger partial charge in [-0.1, -0.05) is 19.0 Å². The maximum absolute atomic E-state index is 9.39. The summed E-state index contributed by atoms with van der Waals surface area (Å²) in [5.74, 6) is 3.60. The van der Waals surface area contributed by atoms with E-state index in [-0.39, 0.29) is 0 Å². The largest absolute Gasteiger partial charge is 0.477 e. The van der Waals surface area contributed by atoms with Crippen LogP contribution in [-0.4, -0.2) is 52.1 Å². The standard InChI is InChI=1S/C14H21N3O2S/c1-11(2)10-19-14-12(4-3-5-15-14)13(16-18)17-6-8-20-9-7-17/h3-5,11,18H,6-10H2,1-2H3/b16-13-. The highest BCUT2D eigenvalue weighted by atomic mass is 32.2. The molecule has 0 saturated carbocycles. The minimum Gasteiger partial charge on any atom is -0.477 e. The molecule has 1 fully saturated rings. The van der Waals surface area contributed by atoms with Crippen molar-refractivity contribution in [3.05, 3.63) is 23.9 Å². The van der Waals surface area contributed by atoms with Crippen LogP contribution in [0, 0.1) is 5.92 Å². The van der Waals surface area contributed by atoms with Crippen LogP contribution in [0.3, 0.4) is 0 Å². The summed E-state index contributed by atoms with van der Waals surface area (Å²) in [6, 6.07) is 3.72. The van der Waals surface area contributed by atoms with Crippen molar-refractivity contribution < 1.29 is 9.94 Å². The number of thioether (sulfide) groups is 1. The zero-order chi connectivity index (χ0) is 14.4. The van der Waals surface area contributed by atoms with Gasteiger partial charge in [-0.3, -0.25) is 0 Å². The Bertz CT molecular complexity index is 459. The number of amidine groups is 1. The first-order chi connectivity index (χ1) is 9.72. The fraction of sp³-hybridized carbons (Fsp3) is 0.571. The number of aromatic nitrogens is 1. The summed E-state index contributed by atoms with van der Waals surface area (Å²) in [7, 11) is 0. The molecule has 2 rings (SSSR count). The van der Waals surface area contributed by atoms with Gasteiger partial charge in [-0.25, -0.2) is 4.98 Å². The number of hydrogen-bond donors (Lipinski definition) is 1. The summed E-state index contributed by atoms with van der Waals surface area (Å²) < 4.78 is 5.74. The highest BCUT2D eigenvalue weighted by molar-refractivity contribution is 7.99. The third-order valence-electron chi connectivity index (χ3n) is 2.97. The van der Waals surface area contributed by atoms with Crippen molar-refractivity contribution in [3.63, 3.8) is 0 Å². The molecule has 110 valence electrons. The van der Waals surface area contributed by atoms with Crippen molar-refractivity contribution in [1.29, 1.82) is 0 Å². The lowest BCUT2D eigenvalue weighted by Gasteiger charge is -2.29. The van der Waals surface area contributed by atoms with Crippen LogP contribution in [0.2, 0.25) is 0 Å². The summed E-state index contributed by atoms with van der Waals surface area (Å²) in [6.45, 7) is 6.53. The van der Waals surface area contributed by atoms with Gasteiger partial charge in [0.05, 0.1) is 12.2 Å². The van der Waals surface area contributed by atoms with Crippen LogP contribution < -0.4 is 4.74 Å². The van der Waals surface area contributed by atoms with Gasteiger partial charge in [0.1, 0.15) is 0 Å². The number of ether oxygens (including phenoxy) is 1. The van der Waals surface area contributed by atoms with Crippen LogP contribution in [0.5, 0.6) is 5.88 Å². The van der Waals surface area contributed by atoms with E-state index in [4.69, 9.17) is 4.74 Å². The van der Waals surface area contributed by atoms with Crippen molar-refractivity contribution in [2.24, 2.45) is 11.1 Å². The Morgan fingerprint density at radius 1 is 1.50 bits per heavy atom. The van der Waals surface area contributed by atoms with Crippen molar-refractivity contribution in [3.8, 4) is 5.88 Å². The Hall–Kier alpha value is -1.43. The Labute approximate surface area is 124 Å². The van der Waals surface area contributed by atoms with Crippen LogP contribution in [-0.2, 0) is 0 Å². The molecule has 0 bridgehead atoms. The topological polar surface area (TPSA) is 58.0 Å². The number of hydrogen-bond acceptors (Lipinski definition) is 5. The molecular formula is C14H21N3O2S. The fourth-order valence-corrected chi connectivity index (χ4v) is 2.89. The molecule has 2 heterocycles. The minimum absolute atomic E-state index is 0.422.